The number of aromatic amines is 1. The largest absolute Gasteiger partial charge is 0.331 e. The van der Waals surface area contributed by atoms with Gasteiger partial charge in [-0.05, 0) is 49.5 Å². The van der Waals surface area contributed by atoms with Crippen LogP contribution in [0.4, 0.5) is 0 Å². The fourth-order valence-electron chi connectivity index (χ4n) is 2.13. The summed E-state index contributed by atoms with van der Waals surface area (Å²) in [5.74, 6) is 0. The standard InChI is InChI=1S/C14H12BrN3S/c1-9-3-2-4-11(16-9)8-18-13-7-10(15)5-6-12(13)17-14(18)19/h2-7H,8H2,1H3,(H,17,19). The number of H-pyrrole nitrogens is 1. The van der Waals surface area contributed by atoms with Crippen molar-refractivity contribution in [3.63, 3.8) is 0 Å². The first kappa shape index (κ1) is 12.6. The number of nitrogens with one attached hydrogen (secondary N) is 1. The minimum absolute atomic E-state index is 0.678. The highest BCUT2D eigenvalue weighted by Gasteiger charge is 2.06. The molecule has 0 aliphatic carbocycles. The van der Waals surface area contributed by atoms with E-state index in [1.807, 2.05) is 37.3 Å². The van der Waals surface area contributed by atoms with E-state index < -0.39 is 0 Å². The number of fused-ring (bicyclic) bond motifs is 1. The molecule has 2 aromatic heterocycles. The average molecular weight is 334 g/mol. The molecule has 0 saturated heterocycles. The van der Waals surface area contributed by atoms with Gasteiger partial charge in [-0.15, -0.1) is 0 Å². The van der Waals surface area contributed by atoms with Gasteiger partial charge in [-0.1, -0.05) is 22.0 Å². The number of pyridine rings is 1. The molecule has 0 atom stereocenters. The van der Waals surface area contributed by atoms with Gasteiger partial charge in [0.25, 0.3) is 0 Å². The van der Waals surface area contributed by atoms with Crippen LogP contribution in [0.5, 0.6) is 0 Å². The van der Waals surface area contributed by atoms with Crippen molar-refractivity contribution in [3.05, 3.63) is 57.0 Å². The summed E-state index contributed by atoms with van der Waals surface area (Å²) in [6.45, 7) is 2.67. The van der Waals surface area contributed by atoms with Crippen molar-refractivity contribution in [3.8, 4) is 0 Å². The van der Waals surface area contributed by atoms with Crippen LogP contribution in [0.15, 0.2) is 40.9 Å². The first-order chi connectivity index (χ1) is 9.13. The van der Waals surface area contributed by atoms with Crippen LogP contribution < -0.4 is 0 Å². The number of imidazole rings is 1. The van der Waals surface area contributed by atoms with Gasteiger partial charge in [-0.2, -0.15) is 0 Å². The highest BCUT2D eigenvalue weighted by molar-refractivity contribution is 9.10. The van der Waals surface area contributed by atoms with E-state index in [1.165, 1.54) is 0 Å². The van der Waals surface area contributed by atoms with Gasteiger partial charge < -0.3 is 9.55 Å². The topological polar surface area (TPSA) is 33.6 Å². The van der Waals surface area contributed by atoms with Crippen LogP contribution in [-0.4, -0.2) is 14.5 Å². The molecule has 3 nitrogen and oxygen atoms in total. The molecule has 0 spiro atoms. The Balaban J connectivity index is 2.12. The molecule has 0 aliphatic heterocycles. The molecule has 0 aliphatic rings. The van der Waals surface area contributed by atoms with Gasteiger partial charge in [-0.3, -0.25) is 4.98 Å². The molecule has 19 heavy (non-hydrogen) atoms. The lowest BCUT2D eigenvalue weighted by atomic mass is 10.3. The Kier molecular flexibility index (Phi) is 3.24. The van der Waals surface area contributed by atoms with Crippen LogP contribution in [-0.2, 0) is 6.54 Å². The first-order valence-corrected chi connectivity index (χ1v) is 7.14. The zero-order valence-electron chi connectivity index (χ0n) is 10.4. The molecule has 1 N–H and O–H groups in total. The van der Waals surface area contributed by atoms with Crippen molar-refractivity contribution in [1.29, 1.82) is 0 Å². The predicted molar refractivity (Wildman–Crippen MR) is 82.9 cm³/mol. The van der Waals surface area contributed by atoms with E-state index in [1.54, 1.807) is 0 Å². The Morgan fingerprint density at radius 3 is 2.95 bits per heavy atom. The molecule has 3 rings (SSSR count). The summed E-state index contributed by atoms with van der Waals surface area (Å²) in [4.78, 5) is 7.74. The second-order valence-corrected chi connectivity index (χ2v) is 5.75. The third-order valence-corrected chi connectivity index (χ3v) is 3.82. The lowest BCUT2D eigenvalue weighted by Gasteiger charge is -2.05. The van der Waals surface area contributed by atoms with Crippen LogP contribution in [0.2, 0.25) is 0 Å². The molecular weight excluding hydrogens is 322 g/mol. The van der Waals surface area contributed by atoms with Gasteiger partial charge >= 0.3 is 0 Å². The first-order valence-electron chi connectivity index (χ1n) is 5.94. The number of aryl methyl sites for hydroxylation is 1. The van der Waals surface area contributed by atoms with Crippen molar-refractivity contribution in [2.75, 3.05) is 0 Å². The number of nitrogens with zero attached hydrogens (tertiary/aromatic N) is 2. The lowest BCUT2D eigenvalue weighted by Crippen LogP contribution is -2.02. The number of aromatic nitrogens is 3. The van der Waals surface area contributed by atoms with Crippen molar-refractivity contribution < 1.29 is 0 Å². The Bertz CT molecular complexity index is 804. The molecule has 1 aromatic carbocycles. The van der Waals surface area contributed by atoms with Gasteiger partial charge in [0, 0.05) is 10.2 Å². The summed E-state index contributed by atoms with van der Waals surface area (Å²) in [6.07, 6.45) is 0. The van der Waals surface area contributed by atoms with E-state index in [9.17, 15) is 0 Å². The fourth-order valence-corrected chi connectivity index (χ4v) is 2.75. The van der Waals surface area contributed by atoms with E-state index in [0.29, 0.717) is 6.54 Å². The molecule has 0 saturated carbocycles. The zero-order valence-corrected chi connectivity index (χ0v) is 12.8. The smallest absolute Gasteiger partial charge is 0.178 e. The number of benzene rings is 1. The van der Waals surface area contributed by atoms with Crippen molar-refractivity contribution in [2.24, 2.45) is 0 Å². The summed E-state index contributed by atoms with van der Waals surface area (Å²) in [5.41, 5.74) is 4.16. The van der Waals surface area contributed by atoms with Crippen LogP contribution in [0.3, 0.4) is 0 Å². The molecule has 2 heterocycles. The number of halogens is 1. The van der Waals surface area contributed by atoms with Crippen molar-refractivity contribution in [2.45, 2.75) is 13.5 Å². The molecule has 0 unspecified atom stereocenters. The quantitative estimate of drug-likeness (QED) is 0.712. The van der Waals surface area contributed by atoms with E-state index in [4.69, 9.17) is 12.2 Å². The Hall–Kier alpha value is -1.46. The van der Waals surface area contributed by atoms with E-state index in [0.717, 1.165) is 31.7 Å². The molecule has 0 radical (unpaired) electrons. The van der Waals surface area contributed by atoms with Gasteiger partial charge in [0.2, 0.25) is 0 Å². The van der Waals surface area contributed by atoms with Crippen LogP contribution in [0.1, 0.15) is 11.4 Å². The maximum Gasteiger partial charge on any atom is 0.178 e. The molecule has 0 amide bonds. The zero-order chi connectivity index (χ0) is 13.4. The van der Waals surface area contributed by atoms with Crippen LogP contribution in [0, 0.1) is 11.7 Å². The van der Waals surface area contributed by atoms with Crippen LogP contribution >= 0.6 is 28.1 Å². The summed E-state index contributed by atoms with van der Waals surface area (Å²) in [5, 5.41) is 0. The van der Waals surface area contributed by atoms with E-state index >= 15 is 0 Å². The molecule has 3 aromatic rings. The van der Waals surface area contributed by atoms with Gasteiger partial charge in [-0.25, -0.2) is 0 Å². The molecule has 0 bridgehead atoms. The highest BCUT2D eigenvalue weighted by Crippen LogP contribution is 2.20. The Labute approximate surface area is 124 Å². The van der Waals surface area contributed by atoms with Gasteiger partial charge in [0.1, 0.15) is 0 Å². The number of hydrogen-bond donors (Lipinski definition) is 1. The maximum atomic E-state index is 5.39. The maximum absolute atomic E-state index is 5.39. The molecule has 5 heteroatoms. The highest BCUT2D eigenvalue weighted by atomic mass is 79.9. The molecular formula is C14H12BrN3S. The Morgan fingerprint density at radius 1 is 1.32 bits per heavy atom. The average Bonchev–Trinajstić information content (AvgIpc) is 2.66. The number of rotatable bonds is 2. The van der Waals surface area contributed by atoms with Crippen molar-refractivity contribution in [1.82, 2.24) is 14.5 Å². The van der Waals surface area contributed by atoms with Gasteiger partial charge in [0.15, 0.2) is 4.77 Å². The normalized spacial score (nSPS) is 11.1. The van der Waals surface area contributed by atoms with Crippen molar-refractivity contribution >= 4 is 39.2 Å². The van der Waals surface area contributed by atoms with Crippen LogP contribution in [0.25, 0.3) is 11.0 Å². The monoisotopic (exact) mass is 333 g/mol. The fraction of sp³-hybridized carbons (Fsp3) is 0.143. The summed E-state index contributed by atoms with van der Waals surface area (Å²) in [7, 11) is 0. The molecule has 96 valence electrons. The Morgan fingerprint density at radius 2 is 2.16 bits per heavy atom. The third-order valence-electron chi connectivity index (χ3n) is 3.00. The van der Waals surface area contributed by atoms with E-state index in [2.05, 4.69) is 36.5 Å². The second-order valence-electron chi connectivity index (χ2n) is 4.45. The van der Waals surface area contributed by atoms with E-state index in [-0.39, 0.29) is 0 Å². The minimum Gasteiger partial charge on any atom is -0.331 e. The summed E-state index contributed by atoms with van der Waals surface area (Å²) in [6, 6.07) is 12.1. The second kappa shape index (κ2) is 4.90. The lowest BCUT2D eigenvalue weighted by molar-refractivity contribution is 0.781. The molecule has 0 fully saturated rings. The summed E-state index contributed by atoms with van der Waals surface area (Å²) < 4.78 is 3.83. The number of hydrogen-bond acceptors (Lipinski definition) is 2. The summed E-state index contributed by atoms with van der Waals surface area (Å²) >= 11 is 8.89. The third kappa shape index (κ3) is 2.48. The minimum atomic E-state index is 0.678. The van der Waals surface area contributed by atoms with Gasteiger partial charge in [0.05, 0.1) is 23.3 Å². The SMILES string of the molecule is Cc1cccc(Cn2c(=S)[nH]c3ccc(Br)cc32)n1. The predicted octanol–water partition coefficient (Wildman–Crippen LogP) is 4.21.